The van der Waals surface area contributed by atoms with Crippen molar-refractivity contribution in [2.45, 2.75) is 12.8 Å². The van der Waals surface area contributed by atoms with Gasteiger partial charge in [-0.15, -0.1) is 0 Å². The number of nitrogens with zero attached hydrogens (tertiary/aromatic N) is 1. The summed E-state index contributed by atoms with van der Waals surface area (Å²) in [6, 6.07) is 5.96. The standard InChI is InChI=1S/C15H11ClF3NO3/c1-22-14(21)13-9(3-2-6-20-13)8-23-12-5-4-10(7-11(12)16)15(17,18)19/h2-7H,8H2,1H3. The average Bonchev–Trinajstić information content (AvgIpc) is 2.52. The molecular formula is C15H11ClF3NO3. The minimum Gasteiger partial charge on any atom is -0.487 e. The number of alkyl halides is 3. The molecule has 0 radical (unpaired) electrons. The highest BCUT2D eigenvalue weighted by atomic mass is 35.5. The highest BCUT2D eigenvalue weighted by molar-refractivity contribution is 6.32. The first-order chi connectivity index (χ1) is 10.8. The Morgan fingerprint density at radius 2 is 2.04 bits per heavy atom. The van der Waals surface area contributed by atoms with Crippen LogP contribution in [0.5, 0.6) is 5.75 Å². The SMILES string of the molecule is COC(=O)c1ncccc1COc1ccc(C(F)(F)F)cc1Cl. The van der Waals surface area contributed by atoms with Crippen LogP contribution in [0, 0.1) is 0 Å². The lowest BCUT2D eigenvalue weighted by Gasteiger charge is -2.12. The summed E-state index contributed by atoms with van der Waals surface area (Å²) in [4.78, 5) is 15.5. The third-order valence-corrected chi connectivity index (χ3v) is 3.21. The summed E-state index contributed by atoms with van der Waals surface area (Å²) in [5, 5.41) is -0.177. The molecule has 0 saturated carbocycles. The topological polar surface area (TPSA) is 48.4 Å². The van der Waals surface area contributed by atoms with Gasteiger partial charge in [-0.25, -0.2) is 9.78 Å². The molecule has 1 aromatic heterocycles. The Morgan fingerprint density at radius 3 is 2.65 bits per heavy atom. The van der Waals surface area contributed by atoms with Crippen molar-refractivity contribution in [3.05, 3.63) is 58.4 Å². The second kappa shape index (κ2) is 6.87. The summed E-state index contributed by atoms with van der Waals surface area (Å²) in [5.41, 5.74) is -0.375. The third kappa shape index (κ3) is 4.13. The Labute approximate surface area is 134 Å². The third-order valence-electron chi connectivity index (χ3n) is 2.91. The highest BCUT2D eigenvalue weighted by Gasteiger charge is 2.31. The van der Waals surface area contributed by atoms with E-state index in [1.807, 2.05) is 0 Å². The van der Waals surface area contributed by atoms with Gasteiger partial charge < -0.3 is 9.47 Å². The number of carbonyl (C=O) groups is 1. The van der Waals surface area contributed by atoms with E-state index in [0.717, 1.165) is 18.2 Å². The Balaban J connectivity index is 2.18. The average molecular weight is 346 g/mol. The molecule has 0 aliphatic rings. The van der Waals surface area contributed by atoms with Crippen molar-refractivity contribution in [1.82, 2.24) is 4.98 Å². The molecule has 1 aromatic carbocycles. The Hall–Kier alpha value is -2.28. The number of ether oxygens (including phenoxy) is 2. The van der Waals surface area contributed by atoms with Gasteiger partial charge in [0.1, 0.15) is 12.4 Å². The maximum absolute atomic E-state index is 12.6. The predicted octanol–water partition coefficient (Wildman–Crippen LogP) is 4.12. The van der Waals surface area contributed by atoms with E-state index in [2.05, 4.69) is 9.72 Å². The summed E-state index contributed by atoms with van der Waals surface area (Å²) < 4.78 is 47.7. The van der Waals surface area contributed by atoms with E-state index in [-0.39, 0.29) is 23.1 Å². The van der Waals surface area contributed by atoms with Crippen LogP contribution in [-0.2, 0) is 17.5 Å². The molecule has 0 unspecified atom stereocenters. The van der Waals surface area contributed by atoms with E-state index in [9.17, 15) is 18.0 Å². The highest BCUT2D eigenvalue weighted by Crippen LogP contribution is 2.34. The lowest BCUT2D eigenvalue weighted by molar-refractivity contribution is -0.137. The van der Waals surface area contributed by atoms with E-state index in [1.54, 1.807) is 12.1 Å². The van der Waals surface area contributed by atoms with Crippen LogP contribution in [0.1, 0.15) is 21.6 Å². The number of carbonyl (C=O) groups excluding carboxylic acids is 1. The van der Waals surface area contributed by atoms with Crippen LogP contribution < -0.4 is 4.74 Å². The smallest absolute Gasteiger partial charge is 0.416 e. The fourth-order valence-electron chi connectivity index (χ4n) is 1.79. The molecule has 0 spiro atoms. The number of halogens is 4. The van der Waals surface area contributed by atoms with Gasteiger partial charge in [-0.2, -0.15) is 13.2 Å². The van der Waals surface area contributed by atoms with Gasteiger partial charge in [0.05, 0.1) is 17.7 Å². The van der Waals surface area contributed by atoms with Gasteiger partial charge in [0, 0.05) is 11.8 Å². The molecule has 0 aliphatic heterocycles. The fourth-order valence-corrected chi connectivity index (χ4v) is 2.02. The summed E-state index contributed by atoms with van der Waals surface area (Å²) in [5.74, 6) is -0.568. The van der Waals surface area contributed by atoms with Crippen LogP contribution in [-0.4, -0.2) is 18.1 Å². The molecule has 4 nitrogen and oxygen atoms in total. The molecule has 2 rings (SSSR count). The van der Waals surface area contributed by atoms with Gasteiger partial charge in [-0.3, -0.25) is 0 Å². The van der Waals surface area contributed by atoms with Crippen LogP contribution in [0.2, 0.25) is 5.02 Å². The van der Waals surface area contributed by atoms with Crippen molar-refractivity contribution in [2.24, 2.45) is 0 Å². The number of methoxy groups -OCH3 is 1. The van der Waals surface area contributed by atoms with Gasteiger partial charge in [0.15, 0.2) is 5.69 Å². The number of benzene rings is 1. The zero-order valence-electron chi connectivity index (χ0n) is 11.9. The van der Waals surface area contributed by atoms with Crippen molar-refractivity contribution in [3.63, 3.8) is 0 Å². The van der Waals surface area contributed by atoms with Crippen molar-refractivity contribution in [1.29, 1.82) is 0 Å². The summed E-state index contributed by atoms with van der Waals surface area (Å²) in [6.07, 6.45) is -3.07. The first kappa shape index (κ1) is 17.1. The molecular weight excluding hydrogens is 335 g/mol. The first-order valence-corrected chi connectivity index (χ1v) is 6.72. The van der Waals surface area contributed by atoms with Gasteiger partial charge in [-0.1, -0.05) is 17.7 Å². The Kier molecular flexibility index (Phi) is 5.10. The van der Waals surface area contributed by atoms with Gasteiger partial charge in [0.25, 0.3) is 0 Å². The van der Waals surface area contributed by atoms with Crippen molar-refractivity contribution >= 4 is 17.6 Å². The first-order valence-electron chi connectivity index (χ1n) is 6.34. The number of aromatic nitrogens is 1. The van der Waals surface area contributed by atoms with E-state index in [4.69, 9.17) is 16.3 Å². The van der Waals surface area contributed by atoms with E-state index in [1.165, 1.54) is 13.3 Å². The van der Waals surface area contributed by atoms with Crippen LogP contribution in [0.15, 0.2) is 36.5 Å². The Morgan fingerprint density at radius 1 is 1.30 bits per heavy atom. The van der Waals surface area contributed by atoms with E-state index in [0.29, 0.717) is 5.56 Å². The minimum atomic E-state index is -4.48. The predicted molar refractivity (Wildman–Crippen MR) is 76.4 cm³/mol. The second-order valence-corrected chi connectivity index (χ2v) is 4.84. The van der Waals surface area contributed by atoms with Crippen LogP contribution in [0.25, 0.3) is 0 Å². The zero-order valence-corrected chi connectivity index (χ0v) is 12.6. The summed E-state index contributed by atoms with van der Waals surface area (Å²) >= 11 is 5.80. The van der Waals surface area contributed by atoms with Crippen molar-refractivity contribution < 1.29 is 27.4 Å². The van der Waals surface area contributed by atoms with Gasteiger partial charge >= 0.3 is 12.1 Å². The normalized spacial score (nSPS) is 11.2. The number of hydrogen-bond acceptors (Lipinski definition) is 4. The molecule has 1 heterocycles. The van der Waals surface area contributed by atoms with E-state index >= 15 is 0 Å². The zero-order chi connectivity index (χ0) is 17.0. The molecule has 0 aliphatic carbocycles. The lowest BCUT2D eigenvalue weighted by Crippen LogP contribution is -2.10. The molecule has 8 heteroatoms. The quantitative estimate of drug-likeness (QED) is 0.782. The van der Waals surface area contributed by atoms with Crippen LogP contribution >= 0.6 is 11.6 Å². The maximum Gasteiger partial charge on any atom is 0.416 e. The summed E-state index contributed by atoms with van der Waals surface area (Å²) in [6.45, 7) is -0.0939. The number of esters is 1. The molecule has 122 valence electrons. The largest absolute Gasteiger partial charge is 0.487 e. The number of hydrogen-bond donors (Lipinski definition) is 0. The molecule has 0 atom stereocenters. The van der Waals surface area contributed by atoms with Gasteiger partial charge in [0.2, 0.25) is 0 Å². The molecule has 0 saturated heterocycles. The molecule has 2 aromatic rings. The minimum absolute atomic E-state index is 0.0676. The van der Waals surface area contributed by atoms with Crippen molar-refractivity contribution in [2.75, 3.05) is 7.11 Å². The molecule has 23 heavy (non-hydrogen) atoms. The monoisotopic (exact) mass is 345 g/mol. The fraction of sp³-hybridized carbons (Fsp3) is 0.200. The number of pyridine rings is 1. The van der Waals surface area contributed by atoms with E-state index < -0.39 is 17.7 Å². The molecule has 0 bridgehead atoms. The Bertz CT molecular complexity index is 719. The summed E-state index contributed by atoms with van der Waals surface area (Å²) in [7, 11) is 1.22. The van der Waals surface area contributed by atoms with Crippen molar-refractivity contribution in [3.8, 4) is 5.75 Å². The maximum atomic E-state index is 12.6. The van der Waals surface area contributed by atoms with Crippen LogP contribution in [0.3, 0.4) is 0 Å². The second-order valence-electron chi connectivity index (χ2n) is 4.43. The van der Waals surface area contributed by atoms with Gasteiger partial charge in [-0.05, 0) is 24.3 Å². The molecule has 0 amide bonds. The lowest BCUT2D eigenvalue weighted by atomic mass is 10.2. The number of rotatable bonds is 4. The molecule has 0 fully saturated rings. The molecule has 0 N–H and O–H groups in total. The van der Waals surface area contributed by atoms with Crippen LogP contribution in [0.4, 0.5) is 13.2 Å².